The van der Waals surface area contributed by atoms with Crippen molar-refractivity contribution in [1.82, 2.24) is 10.3 Å². The predicted molar refractivity (Wildman–Crippen MR) is 78.3 cm³/mol. The first-order chi connectivity index (χ1) is 9.79. The quantitative estimate of drug-likeness (QED) is 0.843. The molecular weight excluding hydrogens is 272 g/mol. The predicted octanol–water partition coefficient (Wildman–Crippen LogP) is 1.81. The van der Waals surface area contributed by atoms with Crippen LogP contribution in [0.5, 0.6) is 0 Å². The summed E-state index contributed by atoms with van der Waals surface area (Å²) >= 11 is 1.42. The Hall–Kier alpha value is -2.16. The molecule has 2 aromatic heterocycles. The molecule has 0 bridgehead atoms. The highest BCUT2D eigenvalue weighted by Crippen LogP contribution is 2.13. The van der Waals surface area contributed by atoms with Crippen LogP contribution in [-0.2, 0) is 6.54 Å². The summed E-state index contributed by atoms with van der Waals surface area (Å²) in [7, 11) is 0. The molecule has 2 rings (SSSR count). The maximum absolute atomic E-state index is 11.9. The zero-order chi connectivity index (χ0) is 14.2. The molecule has 2 aromatic rings. The van der Waals surface area contributed by atoms with Crippen LogP contribution < -0.4 is 5.32 Å². The number of hydrogen-bond donors (Lipinski definition) is 2. The fourth-order valence-electron chi connectivity index (χ4n) is 1.50. The molecule has 1 amide bonds. The highest BCUT2D eigenvalue weighted by atomic mass is 32.1. The Morgan fingerprint density at radius 2 is 2.35 bits per heavy atom. The number of aliphatic hydroxyl groups excluding tert-OH is 1. The molecular formula is C15H14N2O2S. The minimum atomic E-state index is -0.137. The van der Waals surface area contributed by atoms with Gasteiger partial charge in [0.25, 0.3) is 5.91 Å². The van der Waals surface area contributed by atoms with Crippen molar-refractivity contribution in [2.24, 2.45) is 0 Å². The molecule has 102 valence electrons. The van der Waals surface area contributed by atoms with E-state index in [2.05, 4.69) is 22.1 Å². The molecule has 0 aliphatic heterocycles. The molecule has 0 unspecified atom stereocenters. The SMILES string of the molecule is O=C(NCc1ccccn1)c1csc(C#CCCO)c1. The van der Waals surface area contributed by atoms with Gasteiger partial charge < -0.3 is 10.4 Å². The van der Waals surface area contributed by atoms with Crippen molar-refractivity contribution in [2.45, 2.75) is 13.0 Å². The molecule has 0 spiro atoms. The molecule has 0 fully saturated rings. The molecule has 0 saturated heterocycles. The fourth-order valence-corrected chi connectivity index (χ4v) is 2.26. The largest absolute Gasteiger partial charge is 0.395 e. The second-order valence-corrected chi connectivity index (χ2v) is 4.89. The molecule has 0 aromatic carbocycles. The molecule has 0 aliphatic carbocycles. The molecule has 0 atom stereocenters. The molecule has 2 heterocycles. The standard InChI is InChI=1S/C15H14N2O2S/c18-8-4-2-6-14-9-12(11-20-14)15(19)17-10-13-5-1-3-7-16-13/h1,3,5,7,9,11,18H,4,8,10H2,(H,17,19). The molecule has 4 nitrogen and oxygen atoms in total. The highest BCUT2D eigenvalue weighted by molar-refractivity contribution is 7.10. The van der Waals surface area contributed by atoms with Gasteiger partial charge in [-0.3, -0.25) is 9.78 Å². The maximum Gasteiger partial charge on any atom is 0.252 e. The monoisotopic (exact) mass is 286 g/mol. The van der Waals surface area contributed by atoms with Crippen molar-refractivity contribution in [1.29, 1.82) is 0 Å². The Bertz CT molecular complexity index is 626. The summed E-state index contributed by atoms with van der Waals surface area (Å²) in [6.45, 7) is 0.455. The second kappa shape index (κ2) is 7.43. The van der Waals surface area contributed by atoms with Gasteiger partial charge in [-0.05, 0) is 18.2 Å². The summed E-state index contributed by atoms with van der Waals surface area (Å²) in [6, 6.07) is 7.33. The zero-order valence-electron chi connectivity index (χ0n) is 10.8. The van der Waals surface area contributed by atoms with Crippen LogP contribution in [-0.4, -0.2) is 22.6 Å². The molecule has 0 aliphatic rings. The van der Waals surface area contributed by atoms with E-state index in [4.69, 9.17) is 5.11 Å². The van der Waals surface area contributed by atoms with Gasteiger partial charge in [0, 0.05) is 18.0 Å². The summed E-state index contributed by atoms with van der Waals surface area (Å²) in [5, 5.41) is 13.2. The van der Waals surface area contributed by atoms with Crippen LogP contribution in [0.1, 0.15) is 27.3 Å². The van der Waals surface area contributed by atoms with Gasteiger partial charge in [-0.15, -0.1) is 11.3 Å². The van der Waals surface area contributed by atoms with E-state index in [1.165, 1.54) is 11.3 Å². The molecule has 0 radical (unpaired) electrons. The van der Waals surface area contributed by atoms with Gasteiger partial charge in [0.05, 0.1) is 29.3 Å². The highest BCUT2D eigenvalue weighted by Gasteiger charge is 2.07. The van der Waals surface area contributed by atoms with E-state index in [0.717, 1.165) is 10.6 Å². The summed E-state index contributed by atoms with van der Waals surface area (Å²) < 4.78 is 0. The van der Waals surface area contributed by atoms with Gasteiger partial charge >= 0.3 is 0 Å². The van der Waals surface area contributed by atoms with Crippen LogP contribution in [0.3, 0.4) is 0 Å². The van der Waals surface area contributed by atoms with E-state index in [9.17, 15) is 4.79 Å². The third-order valence-electron chi connectivity index (χ3n) is 2.47. The Labute approximate surface area is 121 Å². The Balaban J connectivity index is 1.92. The number of carbonyl (C=O) groups excluding carboxylic acids is 1. The number of nitrogens with one attached hydrogen (secondary N) is 1. The second-order valence-electron chi connectivity index (χ2n) is 3.98. The fraction of sp³-hybridized carbons (Fsp3) is 0.200. The molecule has 0 saturated carbocycles. The number of carbonyl (C=O) groups is 1. The Morgan fingerprint density at radius 3 is 3.10 bits per heavy atom. The van der Waals surface area contributed by atoms with Crippen molar-refractivity contribution in [2.75, 3.05) is 6.61 Å². The Kier molecular flexibility index (Phi) is 5.30. The van der Waals surface area contributed by atoms with E-state index < -0.39 is 0 Å². The lowest BCUT2D eigenvalue weighted by Gasteiger charge is -2.02. The maximum atomic E-state index is 11.9. The van der Waals surface area contributed by atoms with Gasteiger partial charge in [-0.25, -0.2) is 0 Å². The lowest BCUT2D eigenvalue weighted by molar-refractivity contribution is 0.0951. The van der Waals surface area contributed by atoms with Crippen LogP contribution in [0.25, 0.3) is 0 Å². The van der Waals surface area contributed by atoms with Crippen LogP contribution in [0.2, 0.25) is 0 Å². The summed E-state index contributed by atoms with van der Waals surface area (Å²) in [4.78, 5) is 16.9. The lowest BCUT2D eigenvalue weighted by Crippen LogP contribution is -2.22. The van der Waals surface area contributed by atoms with E-state index in [0.29, 0.717) is 18.5 Å². The van der Waals surface area contributed by atoms with E-state index >= 15 is 0 Å². The minimum Gasteiger partial charge on any atom is -0.395 e. The first kappa shape index (κ1) is 14.3. The van der Waals surface area contributed by atoms with Crippen molar-refractivity contribution in [3.63, 3.8) is 0 Å². The number of aromatic nitrogens is 1. The van der Waals surface area contributed by atoms with E-state index in [1.54, 1.807) is 17.6 Å². The van der Waals surface area contributed by atoms with Gasteiger partial charge in [-0.2, -0.15) is 0 Å². The van der Waals surface area contributed by atoms with Crippen molar-refractivity contribution >= 4 is 17.2 Å². The molecule has 5 heteroatoms. The van der Waals surface area contributed by atoms with Gasteiger partial charge in [0.1, 0.15) is 0 Å². The number of amides is 1. The normalized spacial score (nSPS) is 9.65. The summed E-state index contributed by atoms with van der Waals surface area (Å²) in [5.74, 6) is 5.60. The lowest BCUT2D eigenvalue weighted by atomic mass is 10.2. The Morgan fingerprint density at radius 1 is 1.45 bits per heavy atom. The third kappa shape index (κ3) is 4.19. The number of rotatable bonds is 4. The minimum absolute atomic E-state index is 0.0514. The first-order valence-electron chi connectivity index (χ1n) is 6.16. The number of hydrogen-bond acceptors (Lipinski definition) is 4. The third-order valence-corrected chi connectivity index (χ3v) is 3.31. The average molecular weight is 286 g/mol. The van der Waals surface area contributed by atoms with E-state index in [-0.39, 0.29) is 12.5 Å². The molecule has 20 heavy (non-hydrogen) atoms. The van der Waals surface area contributed by atoms with Crippen molar-refractivity contribution in [3.05, 3.63) is 52.0 Å². The molecule has 2 N–H and O–H groups in total. The van der Waals surface area contributed by atoms with Crippen LogP contribution >= 0.6 is 11.3 Å². The van der Waals surface area contributed by atoms with Gasteiger partial charge in [0.15, 0.2) is 0 Å². The van der Waals surface area contributed by atoms with Crippen LogP contribution in [0.15, 0.2) is 35.8 Å². The number of nitrogens with zero attached hydrogens (tertiary/aromatic N) is 1. The summed E-state index contributed by atoms with van der Waals surface area (Å²) in [6.07, 6.45) is 2.14. The summed E-state index contributed by atoms with van der Waals surface area (Å²) in [5.41, 5.74) is 1.42. The average Bonchev–Trinajstić information content (AvgIpc) is 2.95. The number of pyridine rings is 1. The van der Waals surface area contributed by atoms with Gasteiger partial charge in [0.2, 0.25) is 0 Å². The van der Waals surface area contributed by atoms with E-state index in [1.807, 2.05) is 18.2 Å². The van der Waals surface area contributed by atoms with Crippen LogP contribution in [0, 0.1) is 11.8 Å². The first-order valence-corrected chi connectivity index (χ1v) is 7.04. The van der Waals surface area contributed by atoms with Crippen LogP contribution in [0.4, 0.5) is 0 Å². The zero-order valence-corrected chi connectivity index (χ0v) is 11.6. The van der Waals surface area contributed by atoms with Gasteiger partial charge in [-0.1, -0.05) is 17.9 Å². The number of thiophene rings is 1. The smallest absolute Gasteiger partial charge is 0.252 e. The number of aliphatic hydroxyl groups is 1. The van der Waals surface area contributed by atoms with Crippen molar-refractivity contribution < 1.29 is 9.90 Å². The topological polar surface area (TPSA) is 62.2 Å². The van der Waals surface area contributed by atoms with Crippen molar-refractivity contribution in [3.8, 4) is 11.8 Å².